The Kier molecular flexibility index (Phi) is 5.57. The molecule has 0 aliphatic carbocycles. The molecule has 0 amide bonds. The van der Waals surface area contributed by atoms with Gasteiger partial charge in [0.2, 0.25) is 0 Å². The fraction of sp³-hybridized carbons (Fsp3) is 0.0833. The number of hydrogen-bond acceptors (Lipinski definition) is 7. The van der Waals surface area contributed by atoms with Crippen LogP contribution in [0.5, 0.6) is 23.0 Å². The second-order valence-corrected chi connectivity index (χ2v) is 6.49. The molecule has 3 aromatic carbocycles. The van der Waals surface area contributed by atoms with E-state index in [1.54, 1.807) is 74.9 Å². The van der Waals surface area contributed by atoms with Crippen LogP contribution < -0.4 is 18.9 Å². The van der Waals surface area contributed by atoms with Crippen LogP contribution in [0.1, 0.15) is 20.7 Å². The van der Waals surface area contributed by atoms with Crippen LogP contribution in [0, 0.1) is 0 Å². The van der Waals surface area contributed by atoms with E-state index in [0.717, 1.165) is 0 Å². The van der Waals surface area contributed by atoms with Crippen molar-refractivity contribution in [3.05, 3.63) is 84.1 Å². The Bertz CT molecular complexity index is 1220. The van der Waals surface area contributed by atoms with E-state index in [2.05, 4.69) is 0 Å². The monoisotopic (exact) mass is 418 g/mol. The van der Waals surface area contributed by atoms with Gasteiger partial charge in [0.15, 0.2) is 0 Å². The van der Waals surface area contributed by atoms with Crippen molar-refractivity contribution < 1.29 is 33.0 Å². The summed E-state index contributed by atoms with van der Waals surface area (Å²) in [7, 11) is 3.09. The lowest BCUT2D eigenvalue weighted by Gasteiger charge is -2.09. The number of furan rings is 1. The second-order valence-electron chi connectivity index (χ2n) is 6.49. The minimum absolute atomic E-state index is 0.181. The molecule has 31 heavy (non-hydrogen) atoms. The number of hydrogen-bond donors (Lipinski definition) is 0. The summed E-state index contributed by atoms with van der Waals surface area (Å²) in [5, 5.41) is 0.575. The Morgan fingerprint density at radius 2 is 1.23 bits per heavy atom. The lowest BCUT2D eigenvalue weighted by Crippen LogP contribution is -2.10. The first kappa shape index (κ1) is 20.0. The summed E-state index contributed by atoms with van der Waals surface area (Å²) in [5.74, 6) is 0.512. The summed E-state index contributed by atoms with van der Waals surface area (Å²) < 4.78 is 26.6. The Morgan fingerprint density at radius 3 is 1.77 bits per heavy atom. The van der Waals surface area contributed by atoms with Gasteiger partial charge >= 0.3 is 11.9 Å². The molecule has 7 nitrogen and oxygen atoms in total. The smallest absolute Gasteiger partial charge is 0.343 e. The van der Waals surface area contributed by atoms with Crippen LogP contribution in [0.4, 0.5) is 0 Å². The molecule has 0 atom stereocenters. The quantitative estimate of drug-likeness (QED) is 0.326. The van der Waals surface area contributed by atoms with Gasteiger partial charge in [0.25, 0.3) is 0 Å². The average Bonchev–Trinajstić information content (AvgIpc) is 3.28. The van der Waals surface area contributed by atoms with Gasteiger partial charge in [-0.1, -0.05) is 0 Å². The van der Waals surface area contributed by atoms with Crippen molar-refractivity contribution in [3.8, 4) is 23.0 Å². The highest BCUT2D eigenvalue weighted by Crippen LogP contribution is 2.33. The fourth-order valence-electron chi connectivity index (χ4n) is 2.94. The summed E-state index contributed by atoms with van der Waals surface area (Å²) in [4.78, 5) is 25.1. The number of methoxy groups -OCH3 is 2. The van der Waals surface area contributed by atoms with Crippen LogP contribution >= 0.6 is 0 Å². The maximum absolute atomic E-state index is 12.6. The molecular weight excluding hydrogens is 400 g/mol. The molecule has 156 valence electrons. The molecule has 0 fully saturated rings. The van der Waals surface area contributed by atoms with Crippen LogP contribution in [0.25, 0.3) is 11.0 Å². The maximum Gasteiger partial charge on any atom is 0.343 e. The van der Waals surface area contributed by atoms with Gasteiger partial charge in [-0.3, -0.25) is 0 Å². The van der Waals surface area contributed by atoms with Gasteiger partial charge in [0.1, 0.15) is 28.6 Å². The molecule has 0 N–H and O–H groups in total. The zero-order valence-corrected chi connectivity index (χ0v) is 16.8. The van der Waals surface area contributed by atoms with Crippen molar-refractivity contribution in [2.45, 2.75) is 0 Å². The molecule has 0 aliphatic rings. The largest absolute Gasteiger partial charge is 0.497 e. The summed E-state index contributed by atoms with van der Waals surface area (Å²) in [6.07, 6.45) is 1.46. The SMILES string of the molecule is COc1ccc(C(=O)Oc2cc(OC(=O)c3ccc(OC)cc3)c3ccoc3c2)cc1. The number of benzene rings is 3. The summed E-state index contributed by atoms with van der Waals surface area (Å²) in [6.45, 7) is 0. The van der Waals surface area contributed by atoms with Crippen molar-refractivity contribution in [2.75, 3.05) is 14.2 Å². The Labute approximate surface area is 177 Å². The predicted molar refractivity (Wildman–Crippen MR) is 112 cm³/mol. The highest BCUT2D eigenvalue weighted by molar-refractivity contribution is 5.96. The molecule has 4 aromatic rings. The van der Waals surface area contributed by atoms with Crippen LogP contribution in [0.3, 0.4) is 0 Å². The van der Waals surface area contributed by atoms with E-state index in [4.69, 9.17) is 23.4 Å². The van der Waals surface area contributed by atoms with Crippen molar-refractivity contribution in [1.29, 1.82) is 0 Å². The van der Waals surface area contributed by atoms with Gasteiger partial charge in [-0.25, -0.2) is 9.59 Å². The highest BCUT2D eigenvalue weighted by Gasteiger charge is 2.17. The lowest BCUT2D eigenvalue weighted by molar-refractivity contribution is 0.0734. The minimum Gasteiger partial charge on any atom is -0.497 e. The van der Waals surface area contributed by atoms with E-state index >= 15 is 0 Å². The molecule has 0 saturated carbocycles. The van der Waals surface area contributed by atoms with Crippen molar-refractivity contribution in [2.24, 2.45) is 0 Å². The molecule has 0 unspecified atom stereocenters. The number of carbonyl (C=O) groups excluding carboxylic acids is 2. The van der Waals surface area contributed by atoms with Crippen LogP contribution in [-0.2, 0) is 0 Å². The van der Waals surface area contributed by atoms with Gasteiger partial charge in [0.05, 0.1) is 37.0 Å². The minimum atomic E-state index is -0.569. The van der Waals surface area contributed by atoms with Crippen LogP contribution in [-0.4, -0.2) is 26.2 Å². The van der Waals surface area contributed by atoms with Crippen LogP contribution in [0.15, 0.2) is 77.4 Å². The van der Waals surface area contributed by atoms with Gasteiger partial charge in [-0.05, 0) is 54.6 Å². The number of esters is 2. The first-order chi connectivity index (χ1) is 15.1. The molecule has 0 radical (unpaired) electrons. The Hall–Kier alpha value is -4.26. The van der Waals surface area contributed by atoms with E-state index in [1.165, 1.54) is 12.3 Å². The van der Waals surface area contributed by atoms with Gasteiger partial charge in [-0.2, -0.15) is 0 Å². The molecule has 0 spiro atoms. The molecule has 0 aliphatic heterocycles. The molecule has 0 saturated heterocycles. The molecule has 1 heterocycles. The number of carbonyl (C=O) groups is 2. The second kappa shape index (κ2) is 8.62. The van der Waals surface area contributed by atoms with E-state index in [-0.39, 0.29) is 11.5 Å². The predicted octanol–water partition coefficient (Wildman–Crippen LogP) is 4.89. The Balaban J connectivity index is 1.58. The van der Waals surface area contributed by atoms with E-state index in [1.807, 2.05) is 0 Å². The molecule has 4 rings (SSSR count). The van der Waals surface area contributed by atoms with E-state index in [0.29, 0.717) is 33.6 Å². The Morgan fingerprint density at radius 1 is 0.677 bits per heavy atom. The van der Waals surface area contributed by atoms with Gasteiger partial charge in [-0.15, -0.1) is 0 Å². The lowest BCUT2D eigenvalue weighted by atomic mass is 10.2. The van der Waals surface area contributed by atoms with Crippen molar-refractivity contribution >= 4 is 22.9 Å². The summed E-state index contributed by atoms with van der Waals surface area (Å²) in [6, 6.07) is 17.7. The average molecular weight is 418 g/mol. The maximum atomic E-state index is 12.6. The number of ether oxygens (including phenoxy) is 4. The van der Waals surface area contributed by atoms with Crippen molar-refractivity contribution in [3.63, 3.8) is 0 Å². The zero-order valence-electron chi connectivity index (χ0n) is 16.8. The third kappa shape index (κ3) is 4.35. The number of fused-ring (bicyclic) bond motifs is 1. The van der Waals surface area contributed by atoms with E-state index < -0.39 is 11.9 Å². The number of rotatable bonds is 6. The van der Waals surface area contributed by atoms with Crippen molar-refractivity contribution in [1.82, 2.24) is 0 Å². The fourth-order valence-corrected chi connectivity index (χ4v) is 2.94. The first-order valence-corrected chi connectivity index (χ1v) is 9.31. The standard InChI is InChI=1S/C24H18O7/c1-27-17-7-3-15(4-8-17)23(25)30-19-13-21-20(11-12-29-21)22(14-19)31-24(26)16-5-9-18(28-2)10-6-16/h3-14H,1-2H3. The summed E-state index contributed by atoms with van der Waals surface area (Å²) in [5.41, 5.74) is 1.10. The molecular formula is C24H18O7. The normalized spacial score (nSPS) is 10.5. The zero-order chi connectivity index (χ0) is 21.8. The molecule has 7 heteroatoms. The molecule has 1 aromatic heterocycles. The van der Waals surface area contributed by atoms with Crippen LogP contribution in [0.2, 0.25) is 0 Å². The summed E-state index contributed by atoms with van der Waals surface area (Å²) >= 11 is 0. The third-order valence-electron chi connectivity index (χ3n) is 4.57. The van der Waals surface area contributed by atoms with Gasteiger partial charge < -0.3 is 23.4 Å². The molecule has 0 bridgehead atoms. The first-order valence-electron chi connectivity index (χ1n) is 9.31. The highest BCUT2D eigenvalue weighted by atomic mass is 16.5. The van der Waals surface area contributed by atoms with Gasteiger partial charge in [0, 0.05) is 12.1 Å². The van der Waals surface area contributed by atoms with E-state index in [9.17, 15) is 9.59 Å². The topological polar surface area (TPSA) is 84.2 Å². The third-order valence-corrected chi connectivity index (χ3v) is 4.57.